The fourth-order valence-corrected chi connectivity index (χ4v) is 3.97. The van der Waals surface area contributed by atoms with Crippen molar-refractivity contribution in [1.82, 2.24) is 4.72 Å². The number of benzene rings is 1. The van der Waals surface area contributed by atoms with Gasteiger partial charge >= 0.3 is 0 Å². The van der Waals surface area contributed by atoms with Crippen LogP contribution in [0.15, 0.2) is 23.1 Å². The van der Waals surface area contributed by atoms with Crippen molar-refractivity contribution in [1.29, 1.82) is 0 Å². The lowest BCUT2D eigenvalue weighted by atomic mass is 10.2. The smallest absolute Gasteiger partial charge is 0.242 e. The Labute approximate surface area is 126 Å². The molecule has 0 spiro atoms. The average Bonchev–Trinajstić information content (AvgIpc) is 2.34. The fourth-order valence-electron chi connectivity index (χ4n) is 1.69. The minimum absolute atomic E-state index is 0.0364. The molecule has 2 unspecified atom stereocenters. The Morgan fingerprint density at radius 3 is 2.71 bits per heavy atom. The van der Waals surface area contributed by atoms with Crippen molar-refractivity contribution >= 4 is 20.8 Å². The third-order valence-electron chi connectivity index (χ3n) is 2.40. The Balaban J connectivity index is 3.16. The van der Waals surface area contributed by atoms with Gasteiger partial charge in [-0.1, -0.05) is 11.8 Å². The molecule has 0 aliphatic carbocycles. The van der Waals surface area contributed by atoms with Crippen molar-refractivity contribution in [2.24, 2.45) is 5.73 Å². The summed E-state index contributed by atoms with van der Waals surface area (Å²) in [6, 6.07) is 2.72. The van der Waals surface area contributed by atoms with Crippen molar-refractivity contribution in [3.63, 3.8) is 0 Å². The van der Waals surface area contributed by atoms with Crippen molar-refractivity contribution in [2.45, 2.75) is 17.9 Å². The van der Waals surface area contributed by atoms with Crippen LogP contribution >= 0.6 is 0 Å². The van der Waals surface area contributed by atoms with Gasteiger partial charge < -0.3 is 5.73 Å². The van der Waals surface area contributed by atoms with Gasteiger partial charge in [0.15, 0.2) is 0 Å². The highest BCUT2D eigenvalue weighted by molar-refractivity contribution is 7.89. The molecule has 0 saturated heterocycles. The maximum absolute atomic E-state index is 13.2. The van der Waals surface area contributed by atoms with E-state index < -0.39 is 32.7 Å². The maximum atomic E-state index is 13.2. The van der Waals surface area contributed by atoms with E-state index in [2.05, 4.69) is 16.6 Å². The van der Waals surface area contributed by atoms with Crippen LogP contribution in [0, 0.1) is 17.7 Å². The Morgan fingerprint density at radius 1 is 1.48 bits per heavy atom. The first-order valence-corrected chi connectivity index (χ1v) is 9.28. The van der Waals surface area contributed by atoms with Crippen LogP contribution in [0.1, 0.15) is 12.5 Å². The summed E-state index contributed by atoms with van der Waals surface area (Å²) in [6.45, 7) is 1.64. The first-order chi connectivity index (χ1) is 9.76. The van der Waals surface area contributed by atoms with Crippen LogP contribution in [0.3, 0.4) is 0 Å². The van der Waals surface area contributed by atoms with Crippen LogP contribution in [0.25, 0.3) is 0 Å². The van der Waals surface area contributed by atoms with Crippen LogP contribution in [-0.2, 0) is 20.8 Å². The highest BCUT2D eigenvalue weighted by atomic mass is 32.2. The molecular formula is C13H17FN2O3S2. The zero-order valence-corrected chi connectivity index (χ0v) is 13.4. The standard InChI is InChI=1S/C13H17FN2O3S2/c1-10(9-20(2)17)16-21(18,19)13-6-5-12(14)8-11(13)4-3-7-15/h5-6,8,10,16H,7,9,15H2,1-2H3. The second kappa shape index (κ2) is 7.66. The molecule has 0 bridgehead atoms. The van der Waals surface area contributed by atoms with E-state index in [4.69, 9.17) is 5.73 Å². The van der Waals surface area contributed by atoms with E-state index >= 15 is 0 Å². The van der Waals surface area contributed by atoms with Gasteiger partial charge in [0.25, 0.3) is 0 Å². The zero-order chi connectivity index (χ0) is 16.0. The van der Waals surface area contributed by atoms with Gasteiger partial charge in [-0.2, -0.15) is 0 Å². The van der Waals surface area contributed by atoms with Gasteiger partial charge in [-0.25, -0.2) is 17.5 Å². The highest BCUT2D eigenvalue weighted by Gasteiger charge is 2.21. The summed E-state index contributed by atoms with van der Waals surface area (Å²) < 4.78 is 51.3. The number of nitrogens with one attached hydrogen (secondary N) is 1. The number of rotatable bonds is 5. The third kappa shape index (κ3) is 5.55. The molecule has 0 fully saturated rings. The molecule has 1 aromatic carbocycles. The number of nitrogens with two attached hydrogens (primary N) is 1. The van der Waals surface area contributed by atoms with Gasteiger partial charge in [0.2, 0.25) is 10.0 Å². The number of halogens is 1. The van der Waals surface area contributed by atoms with E-state index in [9.17, 15) is 17.0 Å². The molecule has 0 aromatic heterocycles. The lowest BCUT2D eigenvalue weighted by molar-refractivity contribution is 0.569. The quantitative estimate of drug-likeness (QED) is 0.753. The summed E-state index contributed by atoms with van der Waals surface area (Å²) in [7, 11) is -5.01. The number of hydrogen-bond donors (Lipinski definition) is 2. The van der Waals surface area contributed by atoms with E-state index in [-0.39, 0.29) is 22.8 Å². The van der Waals surface area contributed by atoms with Crippen molar-refractivity contribution in [3.05, 3.63) is 29.6 Å². The first-order valence-electron chi connectivity index (χ1n) is 6.07. The summed E-state index contributed by atoms with van der Waals surface area (Å²) in [5.74, 6) is 4.64. The zero-order valence-electron chi connectivity index (χ0n) is 11.7. The second-order valence-corrected chi connectivity index (χ2v) is 7.57. The molecule has 0 aliphatic rings. The lowest BCUT2D eigenvalue weighted by Gasteiger charge is -2.14. The van der Waals surface area contributed by atoms with Gasteiger partial charge in [0.1, 0.15) is 5.82 Å². The van der Waals surface area contributed by atoms with E-state index in [1.165, 1.54) is 6.26 Å². The summed E-state index contributed by atoms with van der Waals surface area (Å²) in [5, 5.41) is 0. The predicted octanol–water partition coefficient (Wildman–Crippen LogP) is 0.181. The third-order valence-corrected chi connectivity index (χ3v) is 5.01. The van der Waals surface area contributed by atoms with Crippen LogP contribution < -0.4 is 10.5 Å². The molecule has 0 amide bonds. The Bertz CT molecular complexity index is 693. The molecule has 3 N–H and O–H groups in total. The maximum Gasteiger partial charge on any atom is 0.242 e. The number of sulfonamides is 1. The normalized spacial score (nSPS) is 14.1. The summed E-state index contributed by atoms with van der Waals surface area (Å²) in [5.41, 5.74) is 5.28. The summed E-state index contributed by atoms with van der Waals surface area (Å²) in [4.78, 5) is -0.126. The summed E-state index contributed by atoms with van der Waals surface area (Å²) >= 11 is 0. The van der Waals surface area contributed by atoms with Gasteiger partial charge in [-0.15, -0.1) is 0 Å². The van der Waals surface area contributed by atoms with Crippen LogP contribution in [-0.4, -0.2) is 37.2 Å². The minimum Gasteiger partial charge on any atom is -0.320 e. The van der Waals surface area contributed by atoms with Gasteiger partial charge in [0, 0.05) is 34.4 Å². The second-order valence-electron chi connectivity index (χ2n) is 4.41. The molecule has 5 nitrogen and oxygen atoms in total. The topological polar surface area (TPSA) is 89.3 Å². The molecular weight excluding hydrogens is 315 g/mol. The molecule has 0 aliphatic heterocycles. The molecule has 8 heteroatoms. The molecule has 2 atom stereocenters. The Morgan fingerprint density at radius 2 is 2.14 bits per heavy atom. The van der Waals surface area contributed by atoms with Gasteiger partial charge in [-0.3, -0.25) is 4.21 Å². The molecule has 0 heterocycles. The molecule has 0 radical (unpaired) electrons. The van der Waals surface area contributed by atoms with E-state index in [1.807, 2.05) is 0 Å². The van der Waals surface area contributed by atoms with E-state index in [1.54, 1.807) is 6.92 Å². The first kappa shape index (κ1) is 17.8. The lowest BCUT2D eigenvalue weighted by Crippen LogP contribution is -2.36. The van der Waals surface area contributed by atoms with Crippen LogP contribution in [0.2, 0.25) is 0 Å². The molecule has 1 rings (SSSR count). The number of hydrogen-bond acceptors (Lipinski definition) is 4. The average molecular weight is 332 g/mol. The monoisotopic (exact) mass is 332 g/mol. The summed E-state index contributed by atoms with van der Waals surface area (Å²) in [6.07, 6.45) is 1.49. The molecule has 0 saturated carbocycles. The van der Waals surface area contributed by atoms with Crippen molar-refractivity contribution < 1.29 is 17.0 Å². The van der Waals surface area contributed by atoms with E-state index in [0.717, 1.165) is 18.2 Å². The van der Waals surface area contributed by atoms with E-state index in [0.29, 0.717) is 0 Å². The van der Waals surface area contributed by atoms with Gasteiger partial charge in [0.05, 0.1) is 11.4 Å². The van der Waals surface area contributed by atoms with Crippen LogP contribution in [0.5, 0.6) is 0 Å². The minimum atomic E-state index is -3.88. The molecule has 1 aromatic rings. The van der Waals surface area contributed by atoms with Gasteiger partial charge in [-0.05, 0) is 25.1 Å². The largest absolute Gasteiger partial charge is 0.320 e. The highest BCUT2D eigenvalue weighted by Crippen LogP contribution is 2.16. The fraction of sp³-hybridized carbons (Fsp3) is 0.385. The van der Waals surface area contributed by atoms with Crippen molar-refractivity contribution in [2.75, 3.05) is 18.6 Å². The predicted molar refractivity (Wildman–Crippen MR) is 81.0 cm³/mol. The van der Waals surface area contributed by atoms with Crippen LogP contribution in [0.4, 0.5) is 4.39 Å². The Hall–Kier alpha value is -1.27. The molecule has 116 valence electrons. The SMILES string of the molecule is CC(CS(C)=O)NS(=O)(=O)c1ccc(F)cc1C#CCN. The van der Waals surface area contributed by atoms with Crippen molar-refractivity contribution in [3.8, 4) is 11.8 Å². The Kier molecular flexibility index (Phi) is 6.48. The molecule has 21 heavy (non-hydrogen) atoms.